The fourth-order valence-electron chi connectivity index (χ4n) is 1.75. The molecule has 0 bridgehead atoms. The molecule has 1 aliphatic rings. The molecule has 0 aliphatic heterocycles. The van der Waals surface area contributed by atoms with Gasteiger partial charge in [0.15, 0.2) is 5.11 Å². The molecule has 1 aromatic carbocycles. The highest BCUT2D eigenvalue weighted by molar-refractivity contribution is 7.80. The van der Waals surface area contributed by atoms with Crippen LogP contribution in [0.2, 0.25) is 0 Å². The third kappa shape index (κ3) is 3.33. The Balaban J connectivity index is 1.97. The number of methoxy groups -OCH3 is 1. The summed E-state index contributed by atoms with van der Waals surface area (Å²) in [6.07, 6.45) is 2.45. The average Bonchev–Trinajstić information content (AvgIpc) is 3.12. The minimum Gasteiger partial charge on any atom is -0.496 e. The topological polar surface area (TPSA) is 33.3 Å². The molecule has 0 aromatic heterocycles. The number of thiocarbonyl (C=S) groups is 1. The molecule has 0 heterocycles. The Morgan fingerprint density at radius 2 is 2.12 bits per heavy atom. The minimum atomic E-state index is 0.143. The number of benzene rings is 1. The van der Waals surface area contributed by atoms with Crippen molar-refractivity contribution in [3.8, 4) is 5.75 Å². The zero-order valence-corrected chi connectivity index (χ0v) is 11.0. The standard InChI is InChI=1S/C13H18N2OS/c1-9(14-13(17)15-10-7-8-10)11-5-3-4-6-12(11)16-2/h3-6,9-10H,7-8H2,1-2H3,(H2,14,15,17)/t9-/m0/s1. The molecule has 1 fully saturated rings. The van der Waals surface area contributed by atoms with Crippen molar-refractivity contribution in [2.24, 2.45) is 0 Å². The Bertz CT molecular complexity index is 404. The summed E-state index contributed by atoms with van der Waals surface area (Å²) < 4.78 is 5.34. The van der Waals surface area contributed by atoms with Crippen LogP contribution in [0.25, 0.3) is 0 Å². The van der Waals surface area contributed by atoms with E-state index in [1.54, 1.807) is 7.11 Å². The maximum atomic E-state index is 5.34. The molecule has 92 valence electrons. The lowest BCUT2D eigenvalue weighted by Gasteiger charge is -2.19. The van der Waals surface area contributed by atoms with Crippen LogP contribution in [0.1, 0.15) is 31.4 Å². The summed E-state index contributed by atoms with van der Waals surface area (Å²) in [6, 6.07) is 8.72. The van der Waals surface area contributed by atoms with Gasteiger partial charge in [0.25, 0.3) is 0 Å². The van der Waals surface area contributed by atoms with Crippen LogP contribution in [-0.4, -0.2) is 18.3 Å². The first-order valence-corrected chi connectivity index (χ1v) is 6.31. The van der Waals surface area contributed by atoms with E-state index in [1.807, 2.05) is 18.2 Å². The molecule has 0 amide bonds. The normalized spacial score (nSPS) is 16.1. The van der Waals surface area contributed by atoms with Crippen molar-refractivity contribution in [1.29, 1.82) is 0 Å². The number of para-hydroxylation sites is 1. The van der Waals surface area contributed by atoms with Gasteiger partial charge in [-0.1, -0.05) is 18.2 Å². The smallest absolute Gasteiger partial charge is 0.166 e. The molecular weight excluding hydrogens is 232 g/mol. The number of hydrogen-bond donors (Lipinski definition) is 2. The highest BCUT2D eigenvalue weighted by Gasteiger charge is 2.22. The zero-order chi connectivity index (χ0) is 12.3. The predicted molar refractivity (Wildman–Crippen MR) is 73.3 cm³/mol. The summed E-state index contributed by atoms with van der Waals surface area (Å²) in [5, 5.41) is 7.28. The molecule has 1 saturated carbocycles. The quantitative estimate of drug-likeness (QED) is 0.804. The number of hydrogen-bond acceptors (Lipinski definition) is 2. The van der Waals surface area contributed by atoms with Crippen molar-refractivity contribution in [2.75, 3.05) is 7.11 Å². The molecule has 0 radical (unpaired) electrons. The van der Waals surface area contributed by atoms with E-state index in [0.29, 0.717) is 6.04 Å². The van der Waals surface area contributed by atoms with Gasteiger partial charge in [0.05, 0.1) is 13.2 Å². The van der Waals surface area contributed by atoms with Crippen molar-refractivity contribution in [3.05, 3.63) is 29.8 Å². The first-order chi connectivity index (χ1) is 8.20. The van der Waals surface area contributed by atoms with E-state index in [0.717, 1.165) is 16.4 Å². The van der Waals surface area contributed by atoms with E-state index < -0.39 is 0 Å². The second kappa shape index (κ2) is 5.36. The lowest BCUT2D eigenvalue weighted by Crippen LogP contribution is -2.38. The minimum absolute atomic E-state index is 0.143. The van der Waals surface area contributed by atoms with Crippen LogP contribution in [-0.2, 0) is 0 Å². The maximum Gasteiger partial charge on any atom is 0.166 e. The van der Waals surface area contributed by atoms with E-state index in [1.165, 1.54) is 12.8 Å². The molecule has 4 heteroatoms. The van der Waals surface area contributed by atoms with Crippen LogP contribution >= 0.6 is 12.2 Å². The van der Waals surface area contributed by atoms with E-state index >= 15 is 0 Å². The largest absolute Gasteiger partial charge is 0.496 e. The van der Waals surface area contributed by atoms with Gasteiger partial charge in [-0.15, -0.1) is 0 Å². The van der Waals surface area contributed by atoms with Crippen LogP contribution < -0.4 is 15.4 Å². The van der Waals surface area contributed by atoms with Crippen molar-refractivity contribution in [3.63, 3.8) is 0 Å². The summed E-state index contributed by atoms with van der Waals surface area (Å²) in [4.78, 5) is 0. The lowest BCUT2D eigenvalue weighted by molar-refractivity contribution is 0.405. The molecule has 0 unspecified atom stereocenters. The number of ether oxygens (including phenoxy) is 1. The molecule has 0 saturated heterocycles. The van der Waals surface area contributed by atoms with Crippen LogP contribution in [0.3, 0.4) is 0 Å². The first-order valence-electron chi connectivity index (χ1n) is 5.90. The van der Waals surface area contributed by atoms with E-state index in [9.17, 15) is 0 Å². The Labute approximate surface area is 108 Å². The summed E-state index contributed by atoms with van der Waals surface area (Å²) >= 11 is 5.26. The third-order valence-corrected chi connectivity index (χ3v) is 3.10. The first kappa shape index (κ1) is 12.2. The highest BCUT2D eigenvalue weighted by Crippen LogP contribution is 2.24. The molecule has 3 nitrogen and oxygen atoms in total. The monoisotopic (exact) mass is 250 g/mol. The molecule has 1 aromatic rings. The highest BCUT2D eigenvalue weighted by atomic mass is 32.1. The summed E-state index contributed by atoms with van der Waals surface area (Å²) in [5.41, 5.74) is 1.12. The van der Waals surface area contributed by atoms with E-state index in [4.69, 9.17) is 17.0 Å². The Kier molecular flexibility index (Phi) is 3.84. The molecular formula is C13H18N2OS. The second-order valence-corrected chi connectivity index (χ2v) is 4.76. The van der Waals surface area contributed by atoms with Gasteiger partial charge >= 0.3 is 0 Å². The van der Waals surface area contributed by atoms with Gasteiger partial charge in [-0.25, -0.2) is 0 Å². The fourth-order valence-corrected chi connectivity index (χ4v) is 2.10. The van der Waals surface area contributed by atoms with Gasteiger partial charge in [-0.2, -0.15) is 0 Å². The van der Waals surface area contributed by atoms with Crippen LogP contribution in [0, 0.1) is 0 Å². The maximum absolute atomic E-state index is 5.34. The number of nitrogens with one attached hydrogen (secondary N) is 2. The summed E-state index contributed by atoms with van der Waals surface area (Å²) in [5.74, 6) is 0.890. The van der Waals surface area contributed by atoms with Gasteiger partial charge in [-0.3, -0.25) is 0 Å². The Hall–Kier alpha value is -1.29. The second-order valence-electron chi connectivity index (χ2n) is 4.36. The Morgan fingerprint density at radius 3 is 2.76 bits per heavy atom. The van der Waals surface area contributed by atoms with E-state index in [-0.39, 0.29) is 6.04 Å². The predicted octanol–water partition coefficient (Wildman–Crippen LogP) is 2.38. The summed E-state index contributed by atoms with van der Waals surface area (Å²) in [7, 11) is 1.69. The van der Waals surface area contributed by atoms with Crippen molar-refractivity contribution < 1.29 is 4.74 Å². The van der Waals surface area contributed by atoms with E-state index in [2.05, 4.69) is 23.6 Å². The Morgan fingerprint density at radius 1 is 1.41 bits per heavy atom. The third-order valence-electron chi connectivity index (χ3n) is 2.87. The molecule has 1 atom stereocenters. The van der Waals surface area contributed by atoms with Crippen molar-refractivity contribution in [2.45, 2.75) is 31.8 Å². The average molecular weight is 250 g/mol. The number of rotatable bonds is 4. The van der Waals surface area contributed by atoms with Gasteiger partial charge in [0, 0.05) is 11.6 Å². The van der Waals surface area contributed by atoms with Gasteiger partial charge < -0.3 is 15.4 Å². The van der Waals surface area contributed by atoms with Gasteiger partial charge in [0.1, 0.15) is 5.75 Å². The summed E-state index contributed by atoms with van der Waals surface area (Å²) in [6.45, 7) is 2.08. The van der Waals surface area contributed by atoms with Crippen molar-refractivity contribution >= 4 is 17.3 Å². The van der Waals surface area contributed by atoms with Crippen LogP contribution in [0.4, 0.5) is 0 Å². The van der Waals surface area contributed by atoms with Crippen LogP contribution in [0.15, 0.2) is 24.3 Å². The fraction of sp³-hybridized carbons (Fsp3) is 0.462. The SMILES string of the molecule is COc1ccccc1[C@H](C)NC(=S)NC1CC1. The molecule has 17 heavy (non-hydrogen) atoms. The van der Waals surface area contributed by atoms with Gasteiger partial charge in [0.2, 0.25) is 0 Å². The molecule has 2 N–H and O–H groups in total. The molecule has 0 spiro atoms. The lowest BCUT2D eigenvalue weighted by atomic mass is 10.1. The molecule has 2 rings (SSSR count). The van der Waals surface area contributed by atoms with Crippen molar-refractivity contribution in [1.82, 2.24) is 10.6 Å². The zero-order valence-electron chi connectivity index (χ0n) is 10.2. The van der Waals surface area contributed by atoms with Gasteiger partial charge in [-0.05, 0) is 38.0 Å². The van der Waals surface area contributed by atoms with Crippen LogP contribution in [0.5, 0.6) is 5.75 Å². The molecule has 1 aliphatic carbocycles.